The van der Waals surface area contributed by atoms with Crippen LogP contribution in [0.2, 0.25) is 0 Å². The van der Waals surface area contributed by atoms with Crippen LogP contribution in [0.15, 0.2) is 30.3 Å². The third-order valence-electron chi connectivity index (χ3n) is 5.27. The zero-order valence-electron chi connectivity index (χ0n) is 15.2. The summed E-state index contributed by atoms with van der Waals surface area (Å²) in [4.78, 5) is 12.0. The summed E-state index contributed by atoms with van der Waals surface area (Å²) < 4.78 is 1.28. The van der Waals surface area contributed by atoms with Gasteiger partial charge in [0, 0.05) is 36.0 Å². The number of fused-ring (bicyclic) bond motifs is 1. The average Bonchev–Trinajstić information content (AvgIpc) is 3.17. The van der Waals surface area contributed by atoms with Gasteiger partial charge in [-0.25, -0.2) is 4.98 Å². The lowest BCUT2D eigenvalue weighted by atomic mass is 10.0. The Balaban J connectivity index is 1.56. The Morgan fingerprint density at radius 1 is 1.16 bits per heavy atom. The van der Waals surface area contributed by atoms with Crippen LogP contribution in [0.25, 0.3) is 21.3 Å². The highest BCUT2D eigenvalue weighted by atomic mass is 32.1. The van der Waals surface area contributed by atoms with Gasteiger partial charge in [-0.15, -0.1) is 11.3 Å². The molecule has 3 heterocycles. The van der Waals surface area contributed by atoms with Crippen molar-refractivity contribution in [3.63, 3.8) is 0 Å². The molecule has 4 heteroatoms. The number of thiazole rings is 1. The number of aryl methyl sites for hydroxylation is 2. The van der Waals surface area contributed by atoms with Gasteiger partial charge in [-0.05, 0) is 63.9 Å². The first kappa shape index (κ1) is 16.7. The molecule has 25 heavy (non-hydrogen) atoms. The summed E-state index contributed by atoms with van der Waals surface area (Å²) in [5, 5.41) is 1.25. The molecule has 2 aromatic heterocycles. The van der Waals surface area contributed by atoms with Gasteiger partial charge in [0.25, 0.3) is 0 Å². The van der Waals surface area contributed by atoms with Gasteiger partial charge in [0.05, 0.1) is 15.2 Å². The molecule has 130 valence electrons. The zero-order valence-corrected chi connectivity index (χ0v) is 16.1. The van der Waals surface area contributed by atoms with Crippen molar-refractivity contribution in [3.05, 3.63) is 46.7 Å². The molecule has 0 bridgehead atoms. The van der Waals surface area contributed by atoms with Gasteiger partial charge in [-0.1, -0.05) is 12.1 Å². The van der Waals surface area contributed by atoms with Crippen molar-refractivity contribution in [3.8, 4) is 11.1 Å². The van der Waals surface area contributed by atoms with Crippen LogP contribution in [0, 0.1) is 13.8 Å². The van der Waals surface area contributed by atoms with Crippen LogP contribution in [0.3, 0.4) is 0 Å². The molecule has 0 aliphatic carbocycles. The van der Waals surface area contributed by atoms with E-state index < -0.39 is 0 Å². The first-order chi connectivity index (χ1) is 12.1. The first-order valence-corrected chi connectivity index (χ1v) is 10.00. The molecule has 1 unspecified atom stereocenters. The van der Waals surface area contributed by atoms with Gasteiger partial charge in [0.1, 0.15) is 0 Å². The number of hydrogen-bond acceptors (Lipinski definition) is 4. The summed E-state index contributed by atoms with van der Waals surface area (Å²) in [5.41, 5.74) is 5.73. The van der Waals surface area contributed by atoms with Crippen molar-refractivity contribution in [2.24, 2.45) is 0 Å². The predicted octanol–water partition coefficient (Wildman–Crippen LogP) is 5.00. The summed E-state index contributed by atoms with van der Waals surface area (Å²) in [6.45, 7) is 8.85. The highest BCUT2D eigenvalue weighted by Gasteiger charge is 2.20. The van der Waals surface area contributed by atoms with Crippen molar-refractivity contribution >= 4 is 21.6 Å². The number of aromatic nitrogens is 2. The maximum absolute atomic E-state index is 4.85. The molecule has 1 fully saturated rings. The number of hydrogen-bond donors (Lipinski definition) is 0. The number of likely N-dealkylation sites (tertiary alicyclic amines) is 1. The fourth-order valence-electron chi connectivity index (χ4n) is 3.80. The van der Waals surface area contributed by atoms with Crippen LogP contribution in [-0.2, 0) is 6.42 Å². The minimum Gasteiger partial charge on any atom is -0.300 e. The summed E-state index contributed by atoms with van der Waals surface area (Å²) in [7, 11) is 0. The zero-order chi connectivity index (χ0) is 17.4. The molecule has 1 aliphatic heterocycles. The Hall–Kier alpha value is -1.78. The minimum absolute atomic E-state index is 0.734. The molecular weight excluding hydrogens is 326 g/mol. The second kappa shape index (κ2) is 6.85. The van der Waals surface area contributed by atoms with E-state index in [4.69, 9.17) is 4.98 Å². The lowest BCUT2D eigenvalue weighted by molar-refractivity contribution is 0.272. The van der Waals surface area contributed by atoms with Crippen molar-refractivity contribution in [1.82, 2.24) is 14.9 Å². The predicted molar refractivity (Wildman–Crippen MR) is 106 cm³/mol. The molecule has 1 saturated heterocycles. The lowest BCUT2D eigenvalue weighted by Gasteiger charge is -2.19. The number of pyridine rings is 1. The lowest BCUT2D eigenvalue weighted by Crippen LogP contribution is -2.28. The van der Waals surface area contributed by atoms with Crippen LogP contribution in [0.1, 0.15) is 36.2 Å². The van der Waals surface area contributed by atoms with Crippen LogP contribution in [0.4, 0.5) is 0 Å². The highest BCUT2D eigenvalue weighted by molar-refractivity contribution is 7.18. The second-order valence-corrected chi connectivity index (χ2v) is 8.27. The minimum atomic E-state index is 0.734. The maximum Gasteiger partial charge on any atom is 0.0951 e. The summed E-state index contributed by atoms with van der Waals surface area (Å²) >= 11 is 1.84. The number of nitrogens with zero attached hydrogens (tertiary/aromatic N) is 3. The van der Waals surface area contributed by atoms with E-state index in [0.29, 0.717) is 0 Å². The first-order valence-electron chi connectivity index (χ1n) is 9.18. The molecule has 0 radical (unpaired) electrons. The Kier molecular flexibility index (Phi) is 4.57. The van der Waals surface area contributed by atoms with Crippen molar-refractivity contribution < 1.29 is 0 Å². The Bertz CT molecular complexity index is 899. The highest BCUT2D eigenvalue weighted by Crippen LogP contribution is 2.30. The average molecular weight is 352 g/mol. The van der Waals surface area contributed by atoms with E-state index in [2.05, 4.69) is 54.1 Å². The molecular formula is C21H25N3S. The summed E-state index contributed by atoms with van der Waals surface area (Å²) in [5.74, 6) is 0. The third kappa shape index (κ3) is 3.46. The molecule has 3 nitrogen and oxygen atoms in total. The van der Waals surface area contributed by atoms with Gasteiger partial charge in [0.2, 0.25) is 0 Å². The molecule has 0 saturated carbocycles. The maximum atomic E-state index is 4.85. The van der Waals surface area contributed by atoms with Crippen LogP contribution >= 0.6 is 11.3 Å². The normalized spacial score (nSPS) is 18.3. The number of rotatable bonds is 4. The Morgan fingerprint density at radius 3 is 2.80 bits per heavy atom. The molecule has 1 atom stereocenters. The third-order valence-corrected chi connectivity index (χ3v) is 6.35. The van der Waals surface area contributed by atoms with Crippen LogP contribution < -0.4 is 0 Å². The molecule has 1 aliphatic rings. The van der Waals surface area contributed by atoms with E-state index in [9.17, 15) is 0 Å². The Labute approximate surface area is 153 Å². The molecule has 4 rings (SSSR count). The van der Waals surface area contributed by atoms with E-state index in [0.717, 1.165) is 35.9 Å². The summed E-state index contributed by atoms with van der Waals surface area (Å²) in [6.07, 6.45) is 3.74. The quantitative estimate of drug-likeness (QED) is 0.662. The van der Waals surface area contributed by atoms with E-state index in [-0.39, 0.29) is 0 Å². The monoisotopic (exact) mass is 351 g/mol. The van der Waals surface area contributed by atoms with Crippen LogP contribution in [-0.4, -0.2) is 34.0 Å². The molecule has 0 amide bonds. The standard InChI is InChI=1S/C21H25N3S/c1-14-6-8-18(16(3)22-14)17-7-9-19-20(13-17)25-21(23-19)10-12-24-11-4-5-15(24)2/h6-9,13,15H,4-5,10-12H2,1-3H3. The summed E-state index contributed by atoms with van der Waals surface area (Å²) in [6, 6.07) is 11.6. The van der Waals surface area contributed by atoms with E-state index >= 15 is 0 Å². The van der Waals surface area contributed by atoms with Gasteiger partial charge in [-0.3, -0.25) is 4.98 Å². The molecule has 0 spiro atoms. The van der Waals surface area contributed by atoms with Crippen molar-refractivity contribution in [1.29, 1.82) is 0 Å². The van der Waals surface area contributed by atoms with E-state index in [1.165, 1.54) is 40.2 Å². The smallest absolute Gasteiger partial charge is 0.0951 e. The van der Waals surface area contributed by atoms with E-state index in [1.807, 2.05) is 18.3 Å². The molecule has 0 N–H and O–H groups in total. The SMILES string of the molecule is Cc1ccc(-c2ccc3nc(CCN4CCCC4C)sc3c2)c(C)n1. The van der Waals surface area contributed by atoms with Gasteiger partial charge in [0.15, 0.2) is 0 Å². The van der Waals surface area contributed by atoms with E-state index in [1.54, 1.807) is 0 Å². The van der Waals surface area contributed by atoms with Gasteiger partial charge >= 0.3 is 0 Å². The second-order valence-electron chi connectivity index (χ2n) is 7.15. The molecule has 3 aromatic rings. The fraction of sp³-hybridized carbons (Fsp3) is 0.429. The Morgan fingerprint density at radius 2 is 2.04 bits per heavy atom. The molecule has 1 aromatic carbocycles. The number of benzene rings is 1. The van der Waals surface area contributed by atoms with Crippen molar-refractivity contribution in [2.45, 2.75) is 46.1 Å². The topological polar surface area (TPSA) is 29.0 Å². The fourth-order valence-corrected chi connectivity index (χ4v) is 4.80. The van der Waals surface area contributed by atoms with Gasteiger partial charge < -0.3 is 4.90 Å². The van der Waals surface area contributed by atoms with Gasteiger partial charge in [-0.2, -0.15) is 0 Å². The van der Waals surface area contributed by atoms with Crippen LogP contribution in [0.5, 0.6) is 0 Å². The van der Waals surface area contributed by atoms with Crippen molar-refractivity contribution in [2.75, 3.05) is 13.1 Å². The largest absolute Gasteiger partial charge is 0.300 e.